The monoisotopic (exact) mass is 301 g/mol. The molecule has 4 rings (SSSR count). The predicted octanol–water partition coefficient (Wildman–Crippen LogP) is -1.23. The van der Waals surface area contributed by atoms with Crippen LogP contribution in [-0.4, -0.2) is 20.8 Å². The van der Waals surface area contributed by atoms with Gasteiger partial charge in [0.2, 0.25) is 0 Å². The Morgan fingerprint density at radius 2 is 2.09 bits per heavy atom. The Labute approximate surface area is 144 Å². The Balaban J connectivity index is 0.00000156. The Kier molecular flexibility index (Phi) is 4.12. The van der Waals surface area contributed by atoms with Crippen molar-refractivity contribution in [1.82, 2.24) is 14.8 Å². The van der Waals surface area contributed by atoms with Gasteiger partial charge in [0.25, 0.3) is 0 Å². The molecule has 23 heavy (non-hydrogen) atoms. The van der Waals surface area contributed by atoms with Gasteiger partial charge in [-0.1, -0.05) is 12.1 Å². The molecular formula is C16H12LiN3O3. The normalized spacial score (nSPS) is 13.6. The average molecular weight is 301 g/mol. The molecule has 1 saturated carbocycles. The minimum Gasteiger partial charge on any atom is -0.545 e. The first kappa shape index (κ1) is 15.6. The van der Waals surface area contributed by atoms with Crippen molar-refractivity contribution in [2.75, 3.05) is 0 Å². The fourth-order valence-electron chi connectivity index (χ4n) is 2.53. The smallest absolute Gasteiger partial charge is 0.545 e. The summed E-state index contributed by atoms with van der Waals surface area (Å²) < 4.78 is 6.98. The van der Waals surface area contributed by atoms with Gasteiger partial charge in [-0.15, -0.1) is 0 Å². The molecular weight excluding hydrogens is 289 g/mol. The first-order valence-electron chi connectivity index (χ1n) is 7.04. The number of hydrogen-bond acceptors (Lipinski definition) is 5. The fraction of sp³-hybridized carbons (Fsp3) is 0.188. The van der Waals surface area contributed by atoms with Crippen LogP contribution in [0.15, 0.2) is 42.7 Å². The van der Waals surface area contributed by atoms with Gasteiger partial charge in [0, 0.05) is 0 Å². The standard InChI is InChI=1S/C16H13N3O3.Li/c20-16(21)15-13-6-7-17-19(13)18-9-14(15)22-12-3-1-2-11(8-12)10-4-5-10;/h1-3,6-10H,4-5H2,(H,20,21);/q;+1/p-1. The van der Waals surface area contributed by atoms with Gasteiger partial charge >= 0.3 is 18.9 Å². The van der Waals surface area contributed by atoms with Crippen LogP contribution in [-0.2, 0) is 0 Å². The van der Waals surface area contributed by atoms with E-state index in [-0.39, 0.29) is 30.2 Å². The zero-order chi connectivity index (χ0) is 15.1. The molecule has 0 saturated heterocycles. The van der Waals surface area contributed by atoms with Crippen LogP contribution in [0, 0.1) is 0 Å². The second kappa shape index (κ2) is 6.07. The summed E-state index contributed by atoms with van der Waals surface area (Å²) in [6.45, 7) is 0. The number of benzene rings is 1. The number of ether oxygens (including phenoxy) is 1. The van der Waals surface area contributed by atoms with Crippen LogP contribution >= 0.6 is 0 Å². The van der Waals surface area contributed by atoms with Gasteiger partial charge in [-0.05, 0) is 42.5 Å². The Hall–Kier alpha value is -2.29. The molecule has 2 heterocycles. The van der Waals surface area contributed by atoms with Crippen LogP contribution < -0.4 is 28.7 Å². The molecule has 0 atom stereocenters. The summed E-state index contributed by atoms with van der Waals surface area (Å²) >= 11 is 0. The minimum absolute atomic E-state index is 0. The second-order valence-corrected chi connectivity index (χ2v) is 5.33. The summed E-state index contributed by atoms with van der Waals surface area (Å²) in [5, 5.41) is 19.4. The summed E-state index contributed by atoms with van der Waals surface area (Å²) in [7, 11) is 0. The summed E-state index contributed by atoms with van der Waals surface area (Å²) in [6, 6.07) is 9.27. The van der Waals surface area contributed by atoms with E-state index in [0.717, 1.165) is 0 Å². The van der Waals surface area contributed by atoms with Gasteiger partial charge in [-0.3, -0.25) is 0 Å². The number of aromatic carboxylic acids is 1. The van der Waals surface area contributed by atoms with E-state index in [1.54, 1.807) is 12.1 Å². The van der Waals surface area contributed by atoms with E-state index in [9.17, 15) is 9.90 Å². The van der Waals surface area contributed by atoms with Crippen LogP contribution in [0.1, 0.15) is 34.7 Å². The summed E-state index contributed by atoms with van der Waals surface area (Å²) in [4.78, 5) is 11.4. The molecule has 1 aliphatic carbocycles. The molecule has 1 aromatic carbocycles. The Morgan fingerprint density at radius 1 is 1.26 bits per heavy atom. The van der Waals surface area contributed by atoms with Crippen LogP contribution in [0.4, 0.5) is 0 Å². The molecule has 0 aliphatic heterocycles. The van der Waals surface area contributed by atoms with E-state index in [2.05, 4.69) is 16.3 Å². The molecule has 2 aromatic heterocycles. The number of aromatic nitrogens is 3. The summed E-state index contributed by atoms with van der Waals surface area (Å²) in [5.41, 5.74) is 1.51. The molecule has 0 bridgehead atoms. The van der Waals surface area contributed by atoms with Crippen molar-refractivity contribution >= 4 is 11.5 Å². The third-order valence-electron chi connectivity index (χ3n) is 3.75. The maximum Gasteiger partial charge on any atom is 1.00 e. The van der Waals surface area contributed by atoms with Gasteiger partial charge in [-0.25, -0.2) is 0 Å². The maximum absolute atomic E-state index is 11.4. The molecule has 1 aliphatic rings. The number of fused-ring (bicyclic) bond motifs is 1. The predicted molar refractivity (Wildman–Crippen MR) is 75.8 cm³/mol. The number of carboxylic acid groups (broad SMARTS) is 1. The molecule has 0 unspecified atom stereocenters. The number of carbonyl (C=O) groups is 1. The van der Waals surface area contributed by atoms with Gasteiger partial charge in [0.15, 0.2) is 5.75 Å². The second-order valence-electron chi connectivity index (χ2n) is 5.33. The first-order chi connectivity index (χ1) is 10.7. The van der Waals surface area contributed by atoms with Gasteiger partial charge < -0.3 is 14.6 Å². The Bertz CT molecular complexity index is 874. The van der Waals surface area contributed by atoms with Crippen LogP contribution in [0.3, 0.4) is 0 Å². The molecule has 3 aromatic rings. The molecule has 6 nitrogen and oxygen atoms in total. The Morgan fingerprint density at radius 3 is 2.83 bits per heavy atom. The van der Waals surface area contributed by atoms with Crippen LogP contribution in [0.5, 0.6) is 11.5 Å². The van der Waals surface area contributed by atoms with Crippen molar-refractivity contribution in [1.29, 1.82) is 0 Å². The van der Waals surface area contributed by atoms with Gasteiger partial charge in [-0.2, -0.15) is 14.8 Å². The average Bonchev–Trinajstić information content (AvgIpc) is 3.25. The maximum atomic E-state index is 11.4. The number of hydrogen-bond donors (Lipinski definition) is 0. The largest absolute Gasteiger partial charge is 1.00 e. The molecule has 0 radical (unpaired) electrons. The van der Waals surface area contributed by atoms with Crippen molar-refractivity contribution in [2.24, 2.45) is 0 Å². The van der Waals surface area contributed by atoms with Gasteiger partial charge in [0.05, 0.1) is 23.9 Å². The first-order valence-corrected chi connectivity index (χ1v) is 7.04. The van der Waals surface area contributed by atoms with E-state index in [1.165, 1.54) is 35.4 Å². The number of rotatable bonds is 4. The molecule has 0 amide bonds. The van der Waals surface area contributed by atoms with E-state index in [0.29, 0.717) is 17.2 Å². The topological polar surface area (TPSA) is 79.5 Å². The number of carbonyl (C=O) groups excluding carboxylic acids is 1. The van der Waals surface area contributed by atoms with E-state index < -0.39 is 5.97 Å². The van der Waals surface area contributed by atoms with E-state index in [1.807, 2.05) is 12.1 Å². The third kappa shape index (κ3) is 2.96. The van der Waals surface area contributed by atoms with E-state index in [4.69, 9.17) is 4.74 Å². The molecule has 110 valence electrons. The minimum atomic E-state index is -1.32. The van der Waals surface area contributed by atoms with Crippen molar-refractivity contribution in [3.8, 4) is 11.5 Å². The summed E-state index contributed by atoms with van der Waals surface area (Å²) in [5.74, 6) is 0.0272. The molecule has 7 heteroatoms. The molecule has 1 fully saturated rings. The van der Waals surface area contributed by atoms with Crippen LogP contribution in [0.25, 0.3) is 5.52 Å². The van der Waals surface area contributed by atoms with Crippen molar-refractivity contribution in [3.63, 3.8) is 0 Å². The third-order valence-corrected chi connectivity index (χ3v) is 3.75. The van der Waals surface area contributed by atoms with Crippen LogP contribution in [0.2, 0.25) is 0 Å². The van der Waals surface area contributed by atoms with Crippen molar-refractivity contribution < 1.29 is 33.5 Å². The number of nitrogens with zero attached hydrogens (tertiary/aromatic N) is 3. The SMILES string of the molecule is O=C([O-])c1c(Oc2cccc(C3CC3)c2)cnn2nccc12.[Li+]. The molecule has 0 N–H and O–H groups in total. The zero-order valence-corrected chi connectivity index (χ0v) is 12.6. The number of carboxylic acids is 1. The zero-order valence-electron chi connectivity index (χ0n) is 12.6. The summed E-state index contributed by atoms with van der Waals surface area (Å²) in [6.07, 6.45) is 5.20. The fourth-order valence-corrected chi connectivity index (χ4v) is 2.53. The van der Waals surface area contributed by atoms with Crippen molar-refractivity contribution in [3.05, 3.63) is 53.9 Å². The van der Waals surface area contributed by atoms with Crippen molar-refractivity contribution in [2.45, 2.75) is 18.8 Å². The molecule has 0 spiro atoms. The van der Waals surface area contributed by atoms with E-state index >= 15 is 0 Å². The van der Waals surface area contributed by atoms with Gasteiger partial charge in [0.1, 0.15) is 11.3 Å². The quantitative estimate of drug-likeness (QED) is 0.564.